The molecule has 0 aliphatic heterocycles. The third kappa shape index (κ3) is 2.44. The van der Waals surface area contributed by atoms with Gasteiger partial charge >= 0.3 is 0 Å². The normalized spacial score (nSPS) is 14.8. The third-order valence-corrected chi connectivity index (χ3v) is 3.01. The monoisotopic (exact) mass is 226 g/mol. The molecule has 0 atom stereocenters. The zero-order valence-corrected chi connectivity index (χ0v) is 9.52. The van der Waals surface area contributed by atoms with Crippen molar-refractivity contribution in [3.8, 4) is 0 Å². The highest BCUT2D eigenvalue weighted by Crippen LogP contribution is 2.37. The summed E-state index contributed by atoms with van der Waals surface area (Å²) in [7, 11) is 0. The first kappa shape index (κ1) is 10.3. The number of H-pyrrole nitrogens is 1. The van der Waals surface area contributed by atoms with Crippen molar-refractivity contribution >= 4 is 0 Å². The van der Waals surface area contributed by atoms with Crippen LogP contribution in [0.3, 0.4) is 0 Å². The van der Waals surface area contributed by atoms with Crippen LogP contribution in [0.1, 0.15) is 35.8 Å². The predicted octanol–water partition coefficient (Wildman–Crippen LogP) is 2.24. The summed E-state index contributed by atoms with van der Waals surface area (Å²) in [5.74, 6) is 1.35. The van der Waals surface area contributed by atoms with Crippen LogP contribution in [-0.2, 0) is 6.42 Å². The van der Waals surface area contributed by atoms with Gasteiger partial charge in [-0.15, -0.1) is 0 Å². The van der Waals surface area contributed by atoms with Gasteiger partial charge in [0, 0.05) is 18.4 Å². The summed E-state index contributed by atoms with van der Waals surface area (Å²) in [6.45, 7) is 0. The lowest BCUT2D eigenvalue weighted by Gasteiger charge is -2.03. The Kier molecular flexibility index (Phi) is 2.52. The molecule has 1 N–H and O–H groups in total. The molecule has 0 saturated heterocycles. The van der Waals surface area contributed by atoms with E-state index < -0.39 is 0 Å². The Morgan fingerprint density at radius 1 is 1.24 bits per heavy atom. The van der Waals surface area contributed by atoms with Crippen molar-refractivity contribution < 1.29 is 0 Å². The first-order valence-electron chi connectivity index (χ1n) is 5.95. The smallest absolute Gasteiger partial charge is 0.251 e. The topological polar surface area (TPSA) is 45.8 Å². The molecule has 2 aromatic rings. The summed E-state index contributed by atoms with van der Waals surface area (Å²) in [6, 6.07) is 11.7. The zero-order valence-electron chi connectivity index (χ0n) is 9.52. The summed E-state index contributed by atoms with van der Waals surface area (Å²) < 4.78 is 0. The molecule has 1 heterocycles. The summed E-state index contributed by atoms with van der Waals surface area (Å²) in [6.07, 6.45) is 3.03. The largest absolute Gasteiger partial charge is 0.310 e. The van der Waals surface area contributed by atoms with Crippen LogP contribution < -0.4 is 5.56 Å². The second-order valence-electron chi connectivity index (χ2n) is 4.56. The molecule has 0 unspecified atom stereocenters. The maximum atomic E-state index is 11.5. The van der Waals surface area contributed by atoms with Crippen LogP contribution in [0.15, 0.2) is 41.2 Å². The average molecular weight is 226 g/mol. The lowest BCUT2D eigenvalue weighted by molar-refractivity contribution is 0.870. The molecule has 3 rings (SSSR count). The number of aromatic amines is 1. The lowest BCUT2D eigenvalue weighted by Crippen LogP contribution is -2.12. The molecular weight excluding hydrogens is 212 g/mol. The van der Waals surface area contributed by atoms with E-state index in [0.29, 0.717) is 5.92 Å². The van der Waals surface area contributed by atoms with Crippen LogP contribution >= 0.6 is 0 Å². The van der Waals surface area contributed by atoms with E-state index in [4.69, 9.17) is 0 Å². The van der Waals surface area contributed by atoms with Gasteiger partial charge in [-0.25, -0.2) is 4.98 Å². The molecule has 3 nitrogen and oxygen atoms in total. The van der Waals surface area contributed by atoms with Crippen LogP contribution in [0.5, 0.6) is 0 Å². The van der Waals surface area contributed by atoms with Crippen molar-refractivity contribution in [3.63, 3.8) is 0 Å². The standard InChI is InChI=1S/C14H14N2O/c17-13-9-12(8-10-4-2-1-3-5-10)15-14(16-13)11-6-7-11/h1-5,9,11H,6-8H2,(H,15,16,17). The highest BCUT2D eigenvalue weighted by molar-refractivity contribution is 5.22. The Balaban J connectivity index is 1.90. The quantitative estimate of drug-likeness (QED) is 0.872. The van der Waals surface area contributed by atoms with Crippen LogP contribution in [-0.4, -0.2) is 9.97 Å². The summed E-state index contributed by atoms with van der Waals surface area (Å²) in [5, 5.41) is 0. The van der Waals surface area contributed by atoms with E-state index in [0.717, 1.165) is 30.8 Å². The van der Waals surface area contributed by atoms with Crippen molar-refractivity contribution in [2.75, 3.05) is 0 Å². The van der Waals surface area contributed by atoms with Gasteiger partial charge in [0.25, 0.3) is 5.56 Å². The molecule has 1 aromatic heterocycles. The van der Waals surface area contributed by atoms with E-state index in [1.807, 2.05) is 18.2 Å². The summed E-state index contributed by atoms with van der Waals surface area (Å²) >= 11 is 0. The van der Waals surface area contributed by atoms with Crippen LogP contribution in [0, 0.1) is 0 Å². The molecule has 1 aliphatic rings. The molecule has 1 fully saturated rings. The zero-order chi connectivity index (χ0) is 11.7. The van der Waals surface area contributed by atoms with E-state index in [1.54, 1.807) is 6.07 Å². The number of hydrogen-bond acceptors (Lipinski definition) is 2. The fraction of sp³-hybridized carbons (Fsp3) is 0.286. The lowest BCUT2D eigenvalue weighted by atomic mass is 10.1. The molecule has 0 spiro atoms. The van der Waals surface area contributed by atoms with E-state index in [2.05, 4.69) is 22.1 Å². The second-order valence-corrected chi connectivity index (χ2v) is 4.56. The van der Waals surface area contributed by atoms with Crippen LogP contribution in [0.2, 0.25) is 0 Å². The molecule has 86 valence electrons. The van der Waals surface area contributed by atoms with Crippen LogP contribution in [0.4, 0.5) is 0 Å². The van der Waals surface area contributed by atoms with E-state index in [9.17, 15) is 4.79 Å². The number of rotatable bonds is 3. The SMILES string of the molecule is O=c1cc(Cc2ccccc2)nc(C2CC2)[nH]1. The first-order chi connectivity index (χ1) is 8.31. The van der Waals surface area contributed by atoms with Crippen molar-refractivity contribution in [1.82, 2.24) is 9.97 Å². The van der Waals surface area contributed by atoms with Gasteiger partial charge < -0.3 is 4.98 Å². The number of aromatic nitrogens is 2. The number of nitrogens with one attached hydrogen (secondary N) is 1. The minimum Gasteiger partial charge on any atom is -0.310 e. The van der Waals surface area contributed by atoms with Gasteiger partial charge in [-0.05, 0) is 18.4 Å². The molecule has 0 radical (unpaired) electrons. The van der Waals surface area contributed by atoms with Crippen molar-refractivity contribution in [2.24, 2.45) is 0 Å². The van der Waals surface area contributed by atoms with E-state index in [-0.39, 0.29) is 5.56 Å². The minimum absolute atomic E-state index is 0.0344. The number of benzene rings is 1. The predicted molar refractivity (Wildman–Crippen MR) is 66.1 cm³/mol. The Morgan fingerprint density at radius 3 is 2.71 bits per heavy atom. The highest BCUT2D eigenvalue weighted by Gasteiger charge is 2.26. The molecule has 0 bridgehead atoms. The Labute approximate surface area is 99.5 Å². The molecule has 1 aromatic carbocycles. The minimum atomic E-state index is -0.0344. The van der Waals surface area contributed by atoms with Gasteiger partial charge in [0.1, 0.15) is 5.82 Å². The highest BCUT2D eigenvalue weighted by atomic mass is 16.1. The first-order valence-corrected chi connectivity index (χ1v) is 5.95. The third-order valence-electron chi connectivity index (χ3n) is 3.01. The molecule has 17 heavy (non-hydrogen) atoms. The molecule has 1 aliphatic carbocycles. The second kappa shape index (κ2) is 4.17. The Morgan fingerprint density at radius 2 is 2.00 bits per heavy atom. The maximum absolute atomic E-state index is 11.5. The summed E-state index contributed by atoms with van der Waals surface area (Å²) in [4.78, 5) is 18.9. The van der Waals surface area contributed by atoms with Gasteiger partial charge in [0.15, 0.2) is 0 Å². The molecular formula is C14H14N2O. The number of nitrogens with zero attached hydrogens (tertiary/aromatic N) is 1. The molecule has 1 saturated carbocycles. The maximum Gasteiger partial charge on any atom is 0.251 e. The Hall–Kier alpha value is -1.90. The number of hydrogen-bond donors (Lipinski definition) is 1. The van der Waals surface area contributed by atoms with Gasteiger partial charge in [-0.2, -0.15) is 0 Å². The van der Waals surface area contributed by atoms with Gasteiger partial charge in [-0.3, -0.25) is 4.79 Å². The summed E-state index contributed by atoms with van der Waals surface area (Å²) in [5.41, 5.74) is 2.02. The Bertz CT molecular complexity index is 570. The van der Waals surface area contributed by atoms with Gasteiger partial charge in [-0.1, -0.05) is 30.3 Å². The molecule has 3 heteroatoms. The van der Waals surface area contributed by atoms with Gasteiger partial charge in [0.05, 0.1) is 5.69 Å². The average Bonchev–Trinajstić information content (AvgIpc) is 3.13. The molecule has 0 amide bonds. The van der Waals surface area contributed by atoms with Crippen molar-refractivity contribution in [2.45, 2.75) is 25.2 Å². The van der Waals surface area contributed by atoms with Crippen LogP contribution in [0.25, 0.3) is 0 Å². The van der Waals surface area contributed by atoms with Crippen molar-refractivity contribution in [3.05, 3.63) is 63.8 Å². The van der Waals surface area contributed by atoms with Crippen molar-refractivity contribution in [1.29, 1.82) is 0 Å². The fourth-order valence-corrected chi connectivity index (χ4v) is 1.97. The van der Waals surface area contributed by atoms with E-state index in [1.165, 1.54) is 5.56 Å². The van der Waals surface area contributed by atoms with Gasteiger partial charge in [0.2, 0.25) is 0 Å². The fourth-order valence-electron chi connectivity index (χ4n) is 1.97. The van der Waals surface area contributed by atoms with E-state index >= 15 is 0 Å².